The van der Waals surface area contributed by atoms with Crippen LogP contribution in [0, 0.1) is 11.8 Å². The summed E-state index contributed by atoms with van der Waals surface area (Å²) in [4.78, 5) is 22.4. The highest BCUT2D eigenvalue weighted by molar-refractivity contribution is 5.89. The summed E-state index contributed by atoms with van der Waals surface area (Å²) in [5.74, 6) is 6.35. The quantitative estimate of drug-likeness (QED) is 0.626. The summed E-state index contributed by atoms with van der Waals surface area (Å²) in [5.41, 5.74) is 2.15. The molecule has 0 amide bonds. The Kier molecular flexibility index (Phi) is 6.16. The topological polar surface area (TPSA) is 52.6 Å². The van der Waals surface area contributed by atoms with Crippen LogP contribution in [-0.2, 0) is 9.53 Å². The van der Waals surface area contributed by atoms with Gasteiger partial charge in [0.1, 0.15) is 12.4 Å². The molecule has 2 rings (SSSR count). The van der Waals surface area contributed by atoms with Crippen LogP contribution in [-0.4, -0.2) is 25.0 Å². The van der Waals surface area contributed by atoms with Crippen molar-refractivity contribution in [2.45, 2.75) is 13.8 Å². The lowest BCUT2D eigenvalue weighted by atomic mass is 10.1. The van der Waals surface area contributed by atoms with Gasteiger partial charge in [0.15, 0.2) is 5.78 Å². The molecule has 0 bridgehead atoms. The number of esters is 1. The average Bonchev–Trinajstić information content (AvgIpc) is 2.59. The Labute approximate surface area is 141 Å². The van der Waals surface area contributed by atoms with Crippen LogP contribution in [0.2, 0.25) is 0 Å². The SMILES string of the molecule is CCOC(=O)c1ccc(C#Cc2ccc(OCC(C)=O)cc2)cc1. The molecule has 2 aromatic carbocycles. The lowest BCUT2D eigenvalue weighted by molar-refractivity contribution is -0.118. The predicted octanol–water partition coefficient (Wildman–Crippen LogP) is 3.23. The summed E-state index contributed by atoms with van der Waals surface area (Å²) in [6.07, 6.45) is 0. The predicted molar refractivity (Wildman–Crippen MR) is 91.0 cm³/mol. The van der Waals surface area contributed by atoms with Crippen LogP contribution in [0.3, 0.4) is 0 Å². The molecule has 0 aromatic heterocycles. The Balaban J connectivity index is 2.01. The van der Waals surface area contributed by atoms with Gasteiger partial charge in [-0.3, -0.25) is 4.79 Å². The van der Waals surface area contributed by atoms with Crippen molar-refractivity contribution in [3.63, 3.8) is 0 Å². The fourth-order valence-electron chi connectivity index (χ4n) is 1.87. The summed E-state index contributed by atoms with van der Waals surface area (Å²) >= 11 is 0. The van der Waals surface area contributed by atoms with Gasteiger partial charge < -0.3 is 9.47 Å². The molecule has 0 atom stereocenters. The number of hydrogen-bond acceptors (Lipinski definition) is 4. The van der Waals surface area contributed by atoms with Crippen LogP contribution in [0.15, 0.2) is 48.5 Å². The van der Waals surface area contributed by atoms with Gasteiger partial charge >= 0.3 is 5.97 Å². The number of hydrogen-bond donors (Lipinski definition) is 0. The van der Waals surface area contributed by atoms with Crippen molar-refractivity contribution in [1.29, 1.82) is 0 Å². The van der Waals surface area contributed by atoms with Crippen molar-refractivity contribution in [3.8, 4) is 17.6 Å². The van der Waals surface area contributed by atoms with Crippen LogP contribution in [0.4, 0.5) is 0 Å². The number of Topliss-reactive ketones (excluding diaryl/α,β-unsaturated/α-hetero) is 1. The van der Waals surface area contributed by atoms with E-state index in [0.29, 0.717) is 17.9 Å². The maximum Gasteiger partial charge on any atom is 0.338 e. The Bertz CT molecular complexity index is 762. The van der Waals surface area contributed by atoms with Crippen molar-refractivity contribution in [2.24, 2.45) is 0 Å². The van der Waals surface area contributed by atoms with Crippen molar-refractivity contribution in [2.75, 3.05) is 13.2 Å². The van der Waals surface area contributed by atoms with E-state index < -0.39 is 0 Å². The molecule has 0 saturated heterocycles. The smallest absolute Gasteiger partial charge is 0.338 e. The van der Waals surface area contributed by atoms with Crippen LogP contribution < -0.4 is 4.74 Å². The summed E-state index contributed by atoms with van der Waals surface area (Å²) in [5, 5.41) is 0. The highest BCUT2D eigenvalue weighted by atomic mass is 16.5. The minimum Gasteiger partial charge on any atom is -0.486 e. The molecule has 0 N–H and O–H groups in total. The van der Waals surface area contributed by atoms with E-state index in [4.69, 9.17) is 9.47 Å². The number of rotatable bonds is 5. The molecule has 4 heteroatoms. The first-order valence-electron chi connectivity index (χ1n) is 7.60. The van der Waals surface area contributed by atoms with Gasteiger partial charge in [0.2, 0.25) is 0 Å². The Morgan fingerprint density at radius 2 is 1.46 bits per heavy atom. The molecule has 0 radical (unpaired) electrons. The van der Waals surface area contributed by atoms with Gasteiger partial charge in [-0.25, -0.2) is 4.79 Å². The molecule has 0 aliphatic heterocycles. The summed E-state index contributed by atoms with van der Waals surface area (Å²) in [6, 6.07) is 14.2. The Morgan fingerprint density at radius 1 is 0.917 bits per heavy atom. The first-order valence-corrected chi connectivity index (χ1v) is 7.60. The van der Waals surface area contributed by atoms with Crippen LogP contribution in [0.5, 0.6) is 5.75 Å². The van der Waals surface area contributed by atoms with Crippen LogP contribution in [0.1, 0.15) is 35.3 Å². The van der Waals surface area contributed by atoms with Crippen molar-refractivity contribution in [3.05, 3.63) is 65.2 Å². The minimum atomic E-state index is -0.335. The lowest BCUT2D eigenvalue weighted by Crippen LogP contribution is -2.06. The van der Waals surface area contributed by atoms with E-state index in [-0.39, 0.29) is 18.4 Å². The number of carbonyl (C=O) groups excluding carboxylic acids is 2. The first-order chi connectivity index (χ1) is 11.6. The molecule has 0 unspecified atom stereocenters. The van der Waals surface area contributed by atoms with Gasteiger partial charge in [0, 0.05) is 11.1 Å². The fraction of sp³-hybridized carbons (Fsp3) is 0.200. The Morgan fingerprint density at radius 3 is 1.96 bits per heavy atom. The monoisotopic (exact) mass is 322 g/mol. The molecule has 0 aliphatic carbocycles. The maximum atomic E-state index is 11.6. The number of ether oxygens (including phenoxy) is 2. The van der Waals surface area contributed by atoms with Gasteiger partial charge in [-0.2, -0.15) is 0 Å². The van der Waals surface area contributed by atoms with Crippen molar-refractivity contribution < 1.29 is 19.1 Å². The minimum absolute atomic E-state index is 0.0230. The zero-order valence-corrected chi connectivity index (χ0v) is 13.7. The fourth-order valence-corrected chi connectivity index (χ4v) is 1.87. The third-order valence-corrected chi connectivity index (χ3v) is 3.04. The third-order valence-electron chi connectivity index (χ3n) is 3.04. The van der Waals surface area contributed by atoms with Crippen molar-refractivity contribution in [1.82, 2.24) is 0 Å². The standard InChI is InChI=1S/C20H18O4/c1-3-23-20(22)18-10-6-16(7-11-18)4-5-17-8-12-19(13-9-17)24-14-15(2)21/h6-13H,3,14H2,1-2H3. The van der Waals surface area contributed by atoms with Gasteiger partial charge in [-0.15, -0.1) is 0 Å². The van der Waals surface area contributed by atoms with E-state index >= 15 is 0 Å². The molecular weight excluding hydrogens is 304 g/mol. The number of carbonyl (C=O) groups is 2. The zero-order chi connectivity index (χ0) is 17.4. The largest absolute Gasteiger partial charge is 0.486 e. The van der Waals surface area contributed by atoms with Crippen LogP contribution in [0.25, 0.3) is 0 Å². The molecule has 122 valence electrons. The molecule has 4 nitrogen and oxygen atoms in total. The molecule has 2 aromatic rings. The second kappa shape index (κ2) is 8.54. The summed E-state index contributed by atoms with van der Waals surface area (Å²) < 4.78 is 10.2. The van der Waals surface area contributed by atoms with Gasteiger partial charge in [-0.1, -0.05) is 11.8 Å². The molecule has 0 heterocycles. The highest BCUT2D eigenvalue weighted by Gasteiger charge is 2.04. The van der Waals surface area contributed by atoms with Gasteiger partial charge in [-0.05, 0) is 62.4 Å². The Hall–Kier alpha value is -3.06. The average molecular weight is 322 g/mol. The van der Waals surface area contributed by atoms with Crippen LogP contribution >= 0.6 is 0 Å². The van der Waals surface area contributed by atoms with E-state index in [1.54, 1.807) is 43.3 Å². The van der Waals surface area contributed by atoms with Gasteiger partial charge in [0.05, 0.1) is 12.2 Å². The van der Waals surface area contributed by atoms with E-state index in [1.165, 1.54) is 6.92 Å². The van der Waals surface area contributed by atoms with E-state index in [0.717, 1.165) is 11.1 Å². The van der Waals surface area contributed by atoms with E-state index in [1.807, 2.05) is 12.1 Å². The second-order valence-corrected chi connectivity index (χ2v) is 5.06. The molecule has 24 heavy (non-hydrogen) atoms. The molecule has 0 fully saturated rings. The summed E-state index contributed by atoms with van der Waals surface area (Å²) in [7, 11) is 0. The molecule has 0 spiro atoms. The molecule has 0 saturated carbocycles. The second-order valence-electron chi connectivity index (χ2n) is 5.06. The third kappa shape index (κ3) is 5.29. The number of ketones is 1. The van der Waals surface area contributed by atoms with E-state index in [2.05, 4.69) is 11.8 Å². The molecular formula is C20H18O4. The zero-order valence-electron chi connectivity index (χ0n) is 13.7. The molecule has 0 aliphatic rings. The van der Waals surface area contributed by atoms with Gasteiger partial charge in [0.25, 0.3) is 0 Å². The first kappa shape index (κ1) is 17.3. The maximum absolute atomic E-state index is 11.6. The normalized spacial score (nSPS) is 9.58. The van der Waals surface area contributed by atoms with E-state index in [9.17, 15) is 9.59 Å². The lowest BCUT2D eigenvalue weighted by Gasteiger charge is -2.02. The number of benzene rings is 2. The van der Waals surface area contributed by atoms with Crippen molar-refractivity contribution >= 4 is 11.8 Å². The highest BCUT2D eigenvalue weighted by Crippen LogP contribution is 2.12. The summed E-state index contributed by atoms with van der Waals surface area (Å²) in [6.45, 7) is 3.67.